The van der Waals surface area contributed by atoms with E-state index >= 15 is 4.39 Å². The van der Waals surface area contributed by atoms with E-state index in [4.69, 9.17) is 0 Å². The number of hydrogen-bond donors (Lipinski definition) is 0. The van der Waals surface area contributed by atoms with E-state index in [1.54, 1.807) is 6.07 Å². The third kappa shape index (κ3) is 6.62. The van der Waals surface area contributed by atoms with E-state index in [0.29, 0.717) is 28.9 Å². The van der Waals surface area contributed by atoms with Gasteiger partial charge in [0.1, 0.15) is 5.82 Å². The first kappa shape index (κ1) is 25.2. The highest BCUT2D eigenvalue weighted by atomic mass is 19.4. The summed E-state index contributed by atoms with van der Waals surface area (Å²) in [5.74, 6) is -0.890. The number of halogens is 5. The van der Waals surface area contributed by atoms with Gasteiger partial charge in [0, 0.05) is 5.39 Å². The molecular formula is C29H29F5O. The highest BCUT2D eigenvalue weighted by Crippen LogP contribution is 2.33. The van der Waals surface area contributed by atoms with Gasteiger partial charge >= 0.3 is 6.36 Å². The van der Waals surface area contributed by atoms with Crippen LogP contribution in [0.3, 0.4) is 0 Å². The quantitative estimate of drug-likeness (QED) is 0.228. The minimum atomic E-state index is -4.96. The van der Waals surface area contributed by atoms with Gasteiger partial charge in [-0.2, -0.15) is 0 Å². The Bertz CT molecular complexity index is 1180. The van der Waals surface area contributed by atoms with Crippen LogP contribution in [-0.4, -0.2) is 6.36 Å². The average Bonchev–Trinajstić information content (AvgIpc) is 2.83. The summed E-state index contributed by atoms with van der Waals surface area (Å²) in [4.78, 5) is 0. The summed E-state index contributed by atoms with van der Waals surface area (Å²) in [5, 5.41) is 1.39. The number of fused-ring (bicyclic) bond motifs is 1. The van der Waals surface area contributed by atoms with Crippen molar-refractivity contribution in [3.63, 3.8) is 0 Å². The maximum Gasteiger partial charge on any atom is 0.573 e. The second-order valence-electron chi connectivity index (χ2n) is 9.46. The van der Waals surface area contributed by atoms with Crippen molar-refractivity contribution in [2.24, 2.45) is 11.8 Å². The lowest BCUT2D eigenvalue weighted by atomic mass is 9.79. The van der Waals surface area contributed by atoms with Gasteiger partial charge in [0.05, 0.1) is 0 Å². The third-order valence-electron chi connectivity index (χ3n) is 7.07. The molecule has 1 fully saturated rings. The van der Waals surface area contributed by atoms with Crippen LogP contribution in [0.4, 0.5) is 22.0 Å². The molecule has 1 aliphatic rings. The van der Waals surface area contributed by atoms with Gasteiger partial charge in [-0.3, -0.25) is 0 Å². The fourth-order valence-electron chi connectivity index (χ4n) is 5.00. The zero-order chi connectivity index (χ0) is 25.0. The Kier molecular flexibility index (Phi) is 7.78. The Morgan fingerprint density at radius 2 is 1.57 bits per heavy atom. The normalized spacial score (nSPS) is 18.5. The van der Waals surface area contributed by atoms with Crippen LogP contribution >= 0.6 is 0 Å². The molecule has 0 atom stereocenters. The van der Waals surface area contributed by atoms with E-state index in [1.807, 2.05) is 24.3 Å². The molecule has 0 aliphatic heterocycles. The molecule has 186 valence electrons. The van der Waals surface area contributed by atoms with Crippen molar-refractivity contribution in [1.29, 1.82) is 0 Å². The Morgan fingerprint density at radius 1 is 0.857 bits per heavy atom. The van der Waals surface area contributed by atoms with E-state index in [2.05, 4.69) is 17.4 Å². The number of rotatable bonds is 8. The second-order valence-corrected chi connectivity index (χ2v) is 9.46. The van der Waals surface area contributed by atoms with E-state index in [9.17, 15) is 17.6 Å². The number of hydrogen-bond acceptors (Lipinski definition) is 1. The van der Waals surface area contributed by atoms with Crippen LogP contribution < -0.4 is 4.74 Å². The van der Waals surface area contributed by atoms with Crippen LogP contribution in [0.5, 0.6) is 5.75 Å². The molecule has 1 aliphatic carbocycles. The summed E-state index contributed by atoms with van der Waals surface area (Å²) in [6.07, 6.45) is 4.74. The van der Waals surface area contributed by atoms with Crippen molar-refractivity contribution in [3.8, 4) is 5.75 Å². The Hall–Kier alpha value is -2.89. The summed E-state index contributed by atoms with van der Waals surface area (Å²) in [6, 6.07) is 12.8. The number of aryl methyl sites for hydroxylation is 3. The van der Waals surface area contributed by atoms with Gasteiger partial charge in [0.25, 0.3) is 0 Å². The maximum atomic E-state index is 15.2. The first-order valence-electron chi connectivity index (χ1n) is 12.1. The van der Waals surface area contributed by atoms with Gasteiger partial charge < -0.3 is 4.74 Å². The van der Waals surface area contributed by atoms with Crippen molar-refractivity contribution in [2.75, 3.05) is 0 Å². The van der Waals surface area contributed by atoms with E-state index in [-0.39, 0.29) is 12.2 Å². The first-order valence-corrected chi connectivity index (χ1v) is 12.1. The summed E-state index contributed by atoms with van der Waals surface area (Å²) in [7, 11) is 0. The minimum absolute atomic E-state index is 0.290. The molecule has 3 aromatic rings. The molecule has 0 amide bonds. The maximum absolute atomic E-state index is 15.2. The largest absolute Gasteiger partial charge is 0.573 e. The SMILES string of the molecule is C=CC1CCC(CCc2ccc3c(F)c(CCc4ccc(OC(F)(F)F)c(F)c4)ccc3c2)CC1. The van der Waals surface area contributed by atoms with E-state index in [0.717, 1.165) is 36.3 Å². The van der Waals surface area contributed by atoms with Gasteiger partial charge in [-0.25, -0.2) is 8.78 Å². The van der Waals surface area contributed by atoms with Gasteiger partial charge in [-0.1, -0.05) is 42.5 Å². The number of ether oxygens (including phenoxy) is 1. The summed E-state index contributed by atoms with van der Waals surface area (Å²) < 4.78 is 69.7. The zero-order valence-electron chi connectivity index (χ0n) is 19.5. The van der Waals surface area contributed by atoms with Crippen molar-refractivity contribution < 1.29 is 26.7 Å². The zero-order valence-corrected chi connectivity index (χ0v) is 19.5. The van der Waals surface area contributed by atoms with Gasteiger partial charge in [-0.15, -0.1) is 19.8 Å². The van der Waals surface area contributed by atoms with Gasteiger partial charge in [-0.05, 0) is 97.4 Å². The third-order valence-corrected chi connectivity index (χ3v) is 7.07. The Balaban J connectivity index is 1.38. The van der Waals surface area contributed by atoms with Crippen LogP contribution in [0.1, 0.15) is 48.8 Å². The predicted octanol–water partition coefficient (Wildman–Crippen LogP) is 8.73. The molecule has 0 aromatic heterocycles. The topological polar surface area (TPSA) is 9.23 Å². The highest BCUT2D eigenvalue weighted by Gasteiger charge is 2.32. The van der Waals surface area contributed by atoms with Crippen molar-refractivity contribution in [3.05, 3.63) is 89.5 Å². The molecule has 0 N–H and O–H groups in total. The second kappa shape index (κ2) is 10.8. The van der Waals surface area contributed by atoms with Crippen LogP contribution in [0.25, 0.3) is 10.8 Å². The molecule has 35 heavy (non-hydrogen) atoms. The predicted molar refractivity (Wildman–Crippen MR) is 128 cm³/mol. The molecular weight excluding hydrogens is 459 g/mol. The molecule has 3 aromatic carbocycles. The fourth-order valence-corrected chi connectivity index (χ4v) is 5.00. The minimum Gasteiger partial charge on any atom is -0.403 e. The van der Waals surface area contributed by atoms with E-state index in [1.165, 1.54) is 37.3 Å². The lowest BCUT2D eigenvalue weighted by molar-refractivity contribution is -0.275. The van der Waals surface area contributed by atoms with Crippen molar-refractivity contribution in [1.82, 2.24) is 0 Å². The van der Waals surface area contributed by atoms with Crippen LogP contribution in [0.2, 0.25) is 0 Å². The molecule has 1 saturated carbocycles. The summed E-state index contributed by atoms with van der Waals surface area (Å²) in [6.45, 7) is 3.90. The molecule has 1 nitrogen and oxygen atoms in total. The molecule has 4 rings (SSSR count). The molecule has 0 heterocycles. The molecule has 0 spiro atoms. The Labute approximate surface area is 202 Å². The van der Waals surface area contributed by atoms with Gasteiger partial charge in [0.2, 0.25) is 0 Å². The monoisotopic (exact) mass is 488 g/mol. The molecule has 0 bridgehead atoms. The number of allylic oxidation sites excluding steroid dienone is 1. The summed E-state index contributed by atoms with van der Waals surface area (Å²) in [5.41, 5.74) is 2.15. The standard InChI is InChI=1S/C29H29F5O/c1-2-19-3-5-20(6-4-19)7-8-21-10-15-25-24(17-21)14-13-23(28(25)31)12-9-22-11-16-27(26(30)18-22)35-29(32,33)34/h2,10-11,13-20H,1,3-9,12H2. The molecule has 0 unspecified atom stereocenters. The lowest BCUT2D eigenvalue weighted by Gasteiger charge is -2.26. The van der Waals surface area contributed by atoms with E-state index < -0.39 is 17.9 Å². The molecule has 0 saturated heterocycles. The lowest BCUT2D eigenvalue weighted by Crippen LogP contribution is -2.18. The summed E-state index contributed by atoms with van der Waals surface area (Å²) >= 11 is 0. The number of alkyl halides is 3. The van der Waals surface area contributed by atoms with Crippen LogP contribution in [0.15, 0.2) is 61.2 Å². The average molecular weight is 489 g/mol. The Morgan fingerprint density at radius 3 is 2.26 bits per heavy atom. The smallest absolute Gasteiger partial charge is 0.403 e. The van der Waals surface area contributed by atoms with Crippen LogP contribution in [-0.2, 0) is 19.3 Å². The first-order chi connectivity index (χ1) is 16.7. The fraction of sp³-hybridized carbons (Fsp3) is 0.379. The highest BCUT2D eigenvalue weighted by molar-refractivity contribution is 5.84. The number of benzene rings is 3. The van der Waals surface area contributed by atoms with Crippen molar-refractivity contribution in [2.45, 2.75) is 57.7 Å². The molecule has 0 radical (unpaired) electrons. The van der Waals surface area contributed by atoms with Crippen LogP contribution in [0, 0.1) is 23.5 Å². The molecule has 6 heteroatoms. The van der Waals surface area contributed by atoms with Gasteiger partial charge in [0.15, 0.2) is 11.6 Å². The van der Waals surface area contributed by atoms with Crippen molar-refractivity contribution >= 4 is 10.8 Å².